The van der Waals surface area contributed by atoms with Crippen LogP contribution in [-0.4, -0.2) is 103 Å². The molecule has 1 fully saturated rings. The van der Waals surface area contributed by atoms with E-state index in [4.69, 9.17) is 34.2 Å². The molecule has 2 N–H and O–H groups in total. The van der Waals surface area contributed by atoms with Gasteiger partial charge >= 0.3 is 35.8 Å². The Kier molecular flexibility index (Phi) is 18.8. The Balaban J connectivity index is 1.48. The summed E-state index contributed by atoms with van der Waals surface area (Å²) in [4.78, 5) is 121. The van der Waals surface area contributed by atoms with Gasteiger partial charge in [-0.1, -0.05) is 111 Å². The predicted molar refractivity (Wildman–Crippen MR) is 267 cm³/mol. The molecular formula is C50H46N4O15S4. The Morgan fingerprint density at radius 1 is 0.589 bits per heavy atom. The maximum atomic E-state index is 14.5. The van der Waals surface area contributed by atoms with E-state index >= 15 is 0 Å². The lowest BCUT2D eigenvalue weighted by atomic mass is 10.1. The number of rotatable bonds is 21. The van der Waals surface area contributed by atoms with Crippen LogP contribution in [-0.2, 0) is 42.9 Å². The number of primary amides is 1. The van der Waals surface area contributed by atoms with Crippen LogP contribution in [0.2, 0.25) is 0 Å². The van der Waals surface area contributed by atoms with E-state index in [2.05, 4.69) is 13.2 Å². The van der Waals surface area contributed by atoms with Crippen molar-refractivity contribution in [2.24, 2.45) is 5.73 Å². The first-order valence-electron chi connectivity index (χ1n) is 22.3. The van der Waals surface area contributed by atoms with E-state index in [9.17, 15) is 48.4 Å². The molecule has 1 saturated heterocycles. The first kappa shape index (κ1) is 55.1. The van der Waals surface area contributed by atoms with Crippen molar-refractivity contribution < 1.29 is 71.6 Å². The minimum atomic E-state index is -1.10. The number of carbonyl (C=O) groups is 9. The van der Waals surface area contributed by atoms with E-state index in [0.717, 1.165) is 59.9 Å². The Morgan fingerprint density at radius 3 is 1.29 bits per heavy atom. The number of nitrogens with two attached hydrogens (primary N) is 1. The zero-order chi connectivity index (χ0) is 53.1. The van der Waals surface area contributed by atoms with Crippen LogP contribution >= 0.6 is 47.0 Å². The second kappa shape index (κ2) is 24.9. The Labute approximate surface area is 435 Å². The fraction of sp³-hybridized carbons (Fsp3) is 0.280. The summed E-state index contributed by atoms with van der Waals surface area (Å²) in [5, 5.41) is 12.9. The van der Waals surface area contributed by atoms with Crippen LogP contribution in [0.15, 0.2) is 112 Å². The van der Waals surface area contributed by atoms with Crippen LogP contribution < -0.4 is 15.2 Å². The van der Waals surface area contributed by atoms with Gasteiger partial charge in [0.15, 0.2) is 11.5 Å². The number of ether oxygens (including phenoxy) is 6. The summed E-state index contributed by atoms with van der Waals surface area (Å²) >= 11 is 3.28. The molecule has 0 saturated carbocycles. The number of esters is 6. The van der Waals surface area contributed by atoms with Crippen molar-refractivity contribution in [1.82, 2.24) is 10.0 Å². The number of nitriles is 1. The normalized spacial score (nSPS) is 13.4. The molecule has 0 unspecified atom stereocenters. The Morgan fingerprint density at radius 2 is 0.945 bits per heavy atom. The van der Waals surface area contributed by atoms with Crippen LogP contribution in [0.5, 0.6) is 11.5 Å². The molecule has 380 valence electrons. The average molecular weight is 1070 g/mol. The summed E-state index contributed by atoms with van der Waals surface area (Å²) in [7, 11) is 0. The predicted octanol–water partition coefficient (Wildman–Crippen LogP) is 7.69. The van der Waals surface area contributed by atoms with Crippen LogP contribution in [0.25, 0.3) is 0 Å². The minimum Gasteiger partial charge on any atom is -0.459 e. The van der Waals surface area contributed by atoms with Crippen molar-refractivity contribution in [3.8, 4) is 17.6 Å². The van der Waals surface area contributed by atoms with Crippen molar-refractivity contribution in [1.29, 1.82) is 5.26 Å². The molecule has 3 aliphatic rings. The number of carbonyl (C=O) groups excluding carboxylic acids is 9. The van der Waals surface area contributed by atoms with Gasteiger partial charge < -0.3 is 34.2 Å². The molecule has 73 heavy (non-hydrogen) atoms. The molecule has 0 aliphatic carbocycles. The van der Waals surface area contributed by atoms with E-state index in [1.807, 2.05) is 13.8 Å². The molecule has 6 rings (SSSR count). The SMILES string of the molecule is C=C(C)C(=O)OCCOC(=O)c1ccccc1C(=O)Oc1c2c(c(OC(=O)c3ccccc3C(=O)OCCOC(=O)C(=C)C)c3c1SC(=C1C(=O)N(CCCC)N(CCCC)C1=O)S3)SC(=C(C#N)C(N)=O)S2. The van der Waals surface area contributed by atoms with Gasteiger partial charge in [0, 0.05) is 24.2 Å². The largest absolute Gasteiger partial charge is 0.459 e. The highest BCUT2D eigenvalue weighted by Crippen LogP contribution is 2.69. The van der Waals surface area contributed by atoms with Crippen molar-refractivity contribution in [2.75, 3.05) is 39.5 Å². The standard InChI is InChI=1S/C50H46N4O15S4/c1-7-9-19-53-41(56)33(42(57)54(53)20-10-8-2)50-72-38-34(68-47(62)30-17-13-11-15-28(30)45(60)66-23-21-64-43(58)26(3)4)36-37(71-49(70-36)32(25-51)40(52)55)35(39(38)73-50)69-48(63)31-18-14-12-16-29(31)46(61)67-24-22-65-44(59)27(5)6/h11-18H,3,5,7-10,19-24H2,1-2,4,6H3,(H2,52,55). The number of unbranched alkanes of at least 4 members (excludes halogenated alkanes) is 2. The maximum absolute atomic E-state index is 14.5. The third-order valence-corrected chi connectivity index (χ3v) is 15.5. The van der Waals surface area contributed by atoms with E-state index in [0.29, 0.717) is 12.8 Å². The van der Waals surface area contributed by atoms with E-state index in [-0.39, 0.29) is 118 Å². The highest BCUT2D eigenvalue weighted by molar-refractivity contribution is 8.26. The quantitative estimate of drug-likeness (QED) is 0.0204. The van der Waals surface area contributed by atoms with Gasteiger partial charge in [-0.25, -0.2) is 38.8 Å². The topological polar surface area (TPSA) is 265 Å². The van der Waals surface area contributed by atoms with Gasteiger partial charge in [0.25, 0.3) is 17.7 Å². The van der Waals surface area contributed by atoms with E-state index in [1.54, 1.807) is 6.07 Å². The number of fused-ring (bicyclic) bond motifs is 2. The number of hydrazine groups is 1. The van der Waals surface area contributed by atoms with Crippen LogP contribution in [0, 0.1) is 11.3 Å². The highest BCUT2D eigenvalue weighted by atomic mass is 32.2. The number of hydrogen-bond donors (Lipinski definition) is 1. The van der Waals surface area contributed by atoms with Crippen molar-refractivity contribution in [2.45, 2.75) is 73.0 Å². The molecule has 3 heterocycles. The summed E-state index contributed by atoms with van der Waals surface area (Å²) in [6, 6.07) is 12.8. The zero-order valence-corrected chi connectivity index (χ0v) is 43.0. The molecule has 0 bridgehead atoms. The molecule has 3 aliphatic heterocycles. The Hall–Kier alpha value is -7.26. The second-order valence-electron chi connectivity index (χ2n) is 15.7. The third kappa shape index (κ3) is 12.5. The van der Waals surface area contributed by atoms with Gasteiger partial charge in [-0.15, -0.1) is 0 Å². The molecule has 3 aromatic carbocycles. The number of amides is 3. The minimum absolute atomic E-state index is 0.00350. The molecule has 23 heteroatoms. The summed E-state index contributed by atoms with van der Waals surface area (Å²) in [6.45, 7) is 12.9. The number of hydrogen-bond acceptors (Lipinski definition) is 20. The Bertz CT molecular complexity index is 2800. The van der Waals surface area contributed by atoms with Crippen LogP contribution in [0.3, 0.4) is 0 Å². The molecule has 0 spiro atoms. The number of benzene rings is 3. The maximum Gasteiger partial charge on any atom is 0.344 e. The van der Waals surface area contributed by atoms with E-state index < -0.39 is 59.1 Å². The highest BCUT2D eigenvalue weighted by Gasteiger charge is 2.47. The second-order valence-corrected chi connectivity index (χ2v) is 20.3. The number of thioether (sulfide) groups is 4. The lowest BCUT2D eigenvalue weighted by molar-refractivity contribution is -0.147. The average Bonchev–Trinajstić information content (AvgIpc) is 4.07. The van der Waals surface area contributed by atoms with Crippen LogP contribution in [0.1, 0.15) is 94.8 Å². The fourth-order valence-electron chi connectivity index (χ4n) is 6.71. The summed E-state index contributed by atoms with van der Waals surface area (Å²) < 4.78 is 33.2. The molecule has 3 aromatic rings. The van der Waals surface area contributed by atoms with Crippen molar-refractivity contribution in [3.05, 3.63) is 115 Å². The third-order valence-electron chi connectivity index (χ3n) is 10.3. The molecular weight excluding hydrogens is 1020 g/mol. The summed E-state index contributed by atoms with van der Waals surface area (Å²) in [6.07, 6.45) is 2.63. The number of nitrogens with zero attached hydrogens (tertiary/aromatic N) is 3. The molecule has 19 nitrogen and oxygen atoms in total. The lowest BCUT2D eigenvalue weighted by Gasteiger charge is -2.27. The lowest BCUT2D eigenvalue weighted by Crippen LogP contribution is -2.42. The first-order valence-corrected chi connectivity index (χ1v) is 25.6. The summed E-state index contributed by atoms with van der Waals surface area (Å²) in [5.41, 5.74) is 4.17. The fourth-order valence-corrected chi connectivity index (χ4v) is 12.2. The van der Waals surface area contributed by atoms with Gasteiger partial charge in [0.05, 0.1) is 50.3 Å². The van der Waals surface area contributed by atoms with Gasteiger partial charge in [-0.05, 0) is 51.0 Å². The van der Waals surface area contributed by atoms with Crippen molar-refractivity contribution >= 4 is 101 Å². The molecule has 0 aromatic heterocycles. The molecule has 0 radical (unpaired) electrons. The van der Waals surface area contributed by atoms with Gasteiger partial charge in [0.2, 0.25) is 0 Å². The first-order chi connectivity index (χ1) is 34.9. The monoisotopic (exact) mass is 1070 g/mol. The molecule has 3 amide bonds. The van der Waals surface area contributed by atoms with Gasteiger partial charge in [0.1, 0.15) is 43.6 Å². The smallest absolute Gasteiger partial charge is 0.344 e. The van der Waals surface area contributed by atoms with Crippen LogP contribution in [0.4, 0.5) is 0 Å². The van der Waals surface area contributed by atoms with Crippen molar-refractivity contribution in [3.63, 3.8) is 0 Å². The van der Waals surface area contributed by atoms with E-state index in [1.165, 1.54) is 72.4 Å². The van der Waals surface area contributed by atoms with Gasteiger partial charge in [-0.2, -0.15) is 5.26 Å². The zero-order valence-electron chi connectivity index (χ0n) is 39.8. The molecule has 0 atom stereocenters. The van der Waals surface area contributed by atoms with Gasteiger partial charge in [-0.3, -0.25) is 14.4 Å². The summed E-state index contributed by atoms with van der Waals surface area (Å²) in [5.74, 6) is -8.29.